The molecule has 2 amide bonds. The molecule has 2 N–H and O–H groups in total. The van der Waals surface area contributed by atoms with Gasteiger partial charge >= 0.3 is 0 Å². The summed E-state index contributed by atoms with van der Waals surface area (Å²) in [4.78, 5) is 34.2. The summed E-state index contributed by atoms with van der Waals surface area (Å²) in [5.74, 6) is -0.474. The number of hydrogen-bond acceptors (Lipinski definition) is 8. The van der Waals surface area contributed by atoms with Crippen molar-refractivity contribution < 1.29 is 19.2 Å². The molecule has 0 aliphatic rings. The Bertz CT molecular complexity index is 1070. The third-order valence-electron chi connectivity index (χ3n) is 3.85. The van der Waals surface area contributed by atoms with Crippen LogP contribution >= 0.6 is 11.8 Å². The fraction of sp³-hybridized carbons (Fsp3) is 0.111. The van der Waals surface area contributed by atoms with Crippen LogP contribution < -0.4 is 15.6 Å². The lowest BCUT2D eigenvalue weighted by Gasteiger charge is -2.11. The zero-order valence-corrected chi connectivity index (χ0v) is 16.5. The van der Waals surface area contributed by atoms with E-state index in [0.717, 1.165) is 17.4 Å². The molecule has 0 saturated heterocycles. The van der Waals surface area contributed by atoms with E-state index in [4.69, 9.17) is 4.74 Å². The summed E-state index contributed by atoms with van der Waals surface area (Å²) >= 11 is 1.12. The number of aromatic nitrogens is 3. The van der Waals surface area contributed by atoms with E-state index in [9.17, 15) is 19.7 Å². The number of hydrogen-bond donors (Lipinski definition) is 2. The lowest BCUT2D eigenvalue weighted by Crippen LogP contribution is -2.42. The smallest absolute Gasteiger partial charge is 0.269 e. The first-order valence-electron chi connectivity index (χ1n) is 8.49. The predicted molar refractivity (Wildman–Crippen MR) is 107 cm³/mol. The highest BCUT2D eigenvalue weighted by atomic mass is 32.2. The molecule has 0 unspecified atom stereocenters. The molecular weight excluding hydrogens is 412 g/mol. The molecule has 0 radical (unpaired) electrons. The first kappa shape index (κ1) is 20.8. The average Bonchev–Trinajstić information content (AvgIpc) is 3.24. The van der Waals surface area contributed by atoms with Gasteiger partial charge in [0, 0.05) is 17.7 Å². The van der Waals surface area contributed by atoms with Crippen molar-refractivity contribution >= 4 is 29.3 Å². The topological polar surface area (TPSA) is 141 Å². The van der Waals surface area contributed by atoms with Crippen molar-refractivity contribution in [3.8, 4) is 11.4 Å². The zero-order chi connectivity index (χ0) is 21.5. The van der Waals surface area contributed by atoms with Gasteiger partial charge in [0.15, 0.2) is 5.16 Å². The quantitative estimate of drug-likeness (QED) is 0.329. The Kier molecular flexibility index (Phi) is 6.60. The number of non-ortho nitro benzene ring substituents is 1. The molecule has 0 aliphatic carbocycles. The van der Waals surface area contributed by atoms with Crippen molar-refractivity contribution in [3.05, 3.63) is 70.5 Å². The number of carbonyl (C=O) groups is 2. The van der Waals surface area contributed by atoms with E-state index in [1.54, 1.807) is 17.7 Å². The Morgan fingerprint density at radius 1 is 1.17 bits per heavy atom. The van der Waals surface area contributed by atoms with Gasteiger partial charge < -0.3 is 4.74 Å². The first-order valence-corrected chi connectivity index (χ1v) is 9.48. The predicted octanol–water partition coefficient (Wildman–Crippen LogP) is 1.74. The summed E-state index contributed by atoms with van der Waals surface area (Å²) in [5, 5.41) is 19.0. The van der Waals surface area contributed by atoms with Gasteiger partial charge in [0.25, 0.3) is 11.6 Å². The van der Waals surface area contributed by atoms with Gasteiger partial charge in [0.2, 0.25) is 5.91 Å². The maximum Gasteiger partial charge on any atom is 0.269 e. The van der Waals surface area contributed by atoms with Crippen molar-refractivity contribution in [2.24, 2.45) is 0 Å². The number of carbonyl (C=O) groups excluding carboxylic acids is 2. The van der Waals surface area contributed by atoms with Gasteiger partial charge in [-0.05, 0) is 24.3 Å². The standard InChI is InChI=1S/C18H16N6O5S/c1-29-15-5-3-2-4-14(15)23-11-19-22-18(23)30-10-16(25)20-21-17(26)12-6-8-13(9-7-12)24(27)28/h2-9,11H,10H2,1H3,(H,20,25)(H,21,26). The van der Waals surface area contributed by atoms with Gasteiger partial charge in [0.1, 0.15) is 12.1 Å². The average molecular weight is 428 g/mol. The highest BCUT2D eigenvalue weighted by Gasteiger charge is 2.14. The molecule has 1 aromatic heterocycles. The van der Waals surface area contributed by atoms with Crippen molar-refractivity contribution in [1.82, 2.24) is 25.6 Å². The van der Waals surface area contributed by atoms with E-state index < -0.39 is 16.7 Å². The second-order valence-corrected chi connectivity index (χ2v) is 6.69. The van der Waals surface area contributed by atoms with Crippen LogP contribution in [0.4, 0.5) is 5.69 Å². The Morgan fingerprint density at radius 2 is 1.90 bits per heavy atom. The van der Waals surface area contributed by atoms with E-state index in [1.807, 2.05) is 18.2 Å². The SMILES string of the molecule is COc1ccccc1-n1cnnc1SCC(=O)NNC(=O)c1ccc([N+](=O)[O-])cc1. The molecule has 11 nitrogen and oxygen atoms in total. The van der Waals surface area contributed by atoms with Crippen LogP contribution in [0.15, 0.2) is 60.0 Å². The van der Waals surface area contributed by atoms with E-state index in [2.05, 4.69) is 21.0 Å². The minimum Gasteiger partial charge on any atom is -0.495 e. The number of para-hydroxylation sites is 2. The van der Waals surface area contributed by atoms with Crippen LogP contribution in [-0.4, -0.2) is 44.4 Å². The number of amides is 2. The molecule has 0 fully saturated rings. The van der Waals surface area contributed by atoms with Crippen LogP contribution in [0.5, 0.6) is 5.75 Å². The Labute approximate surface area is 174 Å². The third kappa shape index (κ3) is 4.91. The minimum atomic E-state index is -0.597. The first-order chi connectivity index (χ1) is 14.5. The molecule has 3 aromatic rings. The summed E-state index contributed by atoms with van der Waals surface area (Å²) in [6.45, 7) is 0. The molecule has 0 bridgehead atoms. The number of benzene rings is 2. The second kappa shape index (κ2) is 9.52. The normalized spacial score (nSPS) is 10.3. The number of ether oxygens (including phenoxy) is 1. The van der Waals surface area contributed by atoms with Crippen LogP contribution in [0, 0.1) is 10.1 Å². The molecule has 0 spiro atoms. The fourth-order valence-corrected chi connectivity index (χ4v) is 3.14. The minimum absolute atomic E-state index is 0.0333. The number of nitro groups is 1. The molecule has 0 atom stereocenters. The summed E-state index contributed by atoms with van der Waals surface area (Å²) in [6, 6.07) is 12.3. The van der Waals surface area contributed by atoms with Crippen LogP contribution in [0.1, 0.15) is 10.4 Å². The van der Waals surface area contributed by atoms with Gasteiger partial charge in [-0.3, -0.25) is 35.1 Å². The van der Waals surface area contributed by atoms with Crippen LogP contribution in [-0.2, 0) is 4.79 Å². The number of nitrogens with one attached hydrogen (secondary N) is 2. The van der Waals surface area contributed by atoms with Gasteiger partial charge in [-0.2, -0.15) is 0 Å². The Balaban J connectivity index is 1.55. The lowest BCUT2D eigenvalue weighted by molar-refractivity contribution is -0.384. The molecule has 0 aliphatic heterocycles. The zero-order valence-electron chi connectivity index (χ0n) is 15.6. The molecule has 0 saturated carbocycles. The molecule has 30 heavy (non-hydrogen) atoms. The monoisotopic (exact) mass is 428 g/mol. The molecule has 1 heterocycles. The maximum atomic E-state index is 12.1. The number of nitrogens with zero attached hydrogens (tertiary/aromatic N) is 4. The Hall–Kier alpha value is -3.93. The lowest BCUT2D eigenvalue weighted by atomic mass is 10.2. The number of methoxy groups -OCH3 is 1. The van der Waals surface area contributed by atoms with Crippen molar-refractivity contribution in [2.75, 3.05) is 12.9 Å². The van der Waals surface area contributed by atoms with Crippen molar-refractivity contribution in [1.29, 1.82) is 0 Å². The summed E-state index contributed by atoms with van der Waals surface area (Å²) in [6.07, 6.45) is 1.51. The number of nitro benzene ring substituents is 1. The summed E-state index contributed by atoms with van der Waals surface area (Å²) in [7, 11) is 1.55. The van der Waals surface area contributed by atoms with Gasteiger partial charge in [0.05, 0.1) is 23.5 Å². The van der Waals surface area contributed by atoms with E-state index in [0.29, 0.717) is 10.9 Å². The molecule has 154 valence electrons. The van der Waals surface area contributed by atoms with Gasteiger partial charge in [-0.1, -0.05) is 23.9 Å². The fourth-order valence-electron chi connectivity index (χ4n) is 2.42. The summed E-state index contributed by atoms with van der Waals surface area (Å²) < 4.78 is 7.01. The van der Waals surface area contributed by atoms with Crippen molar-refractivity contribution in [2.45, 2.75) is 5.16 Å². The number of hydrazine groups is 1. The van der Waals surface area contributed by atoms with Gasteiger partial charge in [-0.15, -0.1) is 10.2 Å². The molecule has 2 aromatic carbocycles. The number of rotatable bonds is 7. The van der Waals surface area contributed by atoms with E-state index in [-0.39, 0.29) is 17.0 Å². The highest BCUT2D eigenvalue weighted by molar-refractivity contribution is 7.99. The van der Waals surface area contributed by atoms with E-state index in [1.165, 1.54) is 30.6 Å². The molecule has 12 heteroatoms. The molecule has 3 rings (SSSR count). The maximum absolute atomic E-state index is 12.1. The van der Waals surface area contributed by atoms with Crippen LogP contribution in [0.25, 0.3) is 5.69 Å². The Morgan fingerprint density at radius 3 is 2.60 bits per heavy atom. The third-order valence-corrected chi connectivity index (χ3v) is 4.79. The van der Waals surface area contributed by atoms with Crippen molar-refractivity contribution in [3.63, 3.8) is 0 Å². The highest BCUT2D eigenvalue weighted by Crippen LogP contribution is 2.26. The summed E-state index contributed by atoms with van der Waals surface area (Å²) in [5.41, 5.74) is 5.30. The van der Waals surface area contributed by atoms with E-state index >= 15 is 0 Å². The van der Waals surface area contributed by atoms with Gasteiger partial charge in [-0.25, -0.2) is 0 Å². The second-order valence-electron chi connectivity index (χ2n) is 5.75. The number of thioether (sulfide) groups is 1. The molecular formula is C18H16N6O5S. The largest absolute Gasteiger partial charge is 0.495 e. The van der Waals surface area contributed by atoms with Crippen LogP contribution in [0.3, 0.4) is 0 Å². The van der Waals surface area contributed by atoms with Crippen LogP contribution in [0.2, 0.25) is 0 Å².